The van der Waals surface area contributed by atoms with E-state index < -0.39 is 6.04 Å². The molecule has 0 saturated heterocycles. The summed E-state index contributed by atoms with van der Waals surface area (Å²) >= 11 is 1.33. The van der Waals surface area contributed by atoms with Crippen molar-refractivity contribution in [2.75, 3.05) is 5.32 Å². The van der Waals surface area contributed by atoms with Gasteiger partial charge >= 0.3 is 0 Å². The lowest BCUT2D eigenvalue weighted by Gasteiger charge is -2.27. The third kappa shape index (κ3) is 4.85. The molecule has 1 aromatic heterocycles. The highest BCUT2D eigenvalue weighted by molar-refractivity contribution is 7.13. The van der Waals surface area contributed by atoms with Gasteiger partial charge in [-0.15, -0.1) is 11.3 Å². The Morgan fingerprint density at radius 1 is 1.06 bits per heavy atom. The maximum atomic E-state index is 13.5. The number of nitrogens with one attached hydrogen (secondary N) is 1. The van der Waals surface area contributed by atoms with E-state index in [1.54, 1.807) is 22.5 Å². The maximum Gasteiger partial charge on any atom is 0.255 e. The van der Waals surface area contributed by atoms with Crippen LogP contribution in [0.15, 0.2) is 84.4 Å². The molecule has 0 spiro atoms. The number of carbonyl (C=O) groups is 2. The zero-order chi connectivity index (χ0) is 24.2. The molecule has 0 aliphatic carbocycles. The summed E-state index contributed by atoms with van der Waals surface area (Å²) in [5.41, 5.74) is 10.5. The van der Waals surface area contributed by atoms with Crippen molar-refractivity contribution in [2.45, 2.75) is 19.1 Å². The highest BCUT2D eigenvalue weighted by Crippen LogP contribution is 2.33. The summed E-state index contributed by atoms with van der Waals surface area (Å²) in [7, 11) is 0. The fourth-order valence-electron chi connectivity index (χ4n) is 4.05. The first kappa shape index (κ1) is 22.5. The SMILES string of the molecule is NCc1ccc(C#Cc2ccc3c(c2)C(=O)N(C(C(=O)Nc2nccs2)c2ccccc2)C3)cc1. The number of benzene rings is 3. The normalized spacial score (nSPS) is 13.1. The topological polar surface area (TPSA) is 88.3 Å². The molecule has 35 heavy (non-hydrogen) atoms. The lowest BCUT2D eigenvalue weighted by atomic mass is 10.0. The Hall–Kier alpha value is -4.25. The minimum atomic E-state index is -0.782. The molecule has 0 saturated carbocycles. The first-order valence-electron chi connectivity index (χ1n) is 11.1. The van der Waals surface area contributed by atoms with Crippen molar-refractivity contribution in [1.82, 2.24) is 9.88 Å². The lowest BCUT2D eigenvalue weighted by molar-refractivity contribution is -0.120. The van der Waals surface area contributed by atoms with Gasteiger partial charge in [0.25, 0.3) is 11.8 Å². The molecule has 7 heteroatoms. The van der Waals surface area contributed by atoms with Crippen LogP contribution in [0.3, 0.4) is 0 Å². The van der Waals surface area contributed by atoms with Gasteiger partial charge in [0.1, 0.15) is 6.04 Å². The maximum absolute atomic E-state index is 13.5. The molecular formula is C28H22N4O2S. The number of aromatic nitrogens is 1. The number of nitrogens with two attached hydrogens (primary N) is 1. The van der Waals surface area contributed by atoms with E-state index in [0.29, 0.717) is 23.8 Å². The van der Waals surface area contributed by atoms with E-state index in [1.165, 1.54) is 11.3 Å². The van der Waals surface area contributed by atoms with Gasteiger partial charge in [-0.05, 0) is 41.0 Å². The van der Waals surface area contributed by atoms with Gasteiger partial charge in [0.15, 0.2) is 5.13 Å². The molecule has 0 radical (unpaired) electrons. The molecule has 1 atom stereocenters. The van der Waals surface area contributed by atoms with Gasteiger partial charge < -0.3 is 10.6 Å². The Morgan fingerprint density at radius 2 is 1.80 bits per heavy atom. The van der Waals surface area contributed by atoms with E-state index in [9.17, 15) is 9.59 Å². The van der Waals surface area contributed by atoms with Crippen molar-refractivity contribution in [2.24, 2.45) is 5.73 Å². The number of nitrogens with zero attached hydrogens (tertiary/aromatic N) is 2. The van der Waals surface area contributed by atoms with Crippen LogP contribution in [-0.4, -0.2) is 21.7 Å². The third-order valence-electron chi connectivity index (χ3n) is 5.82. The lowest BCUT2D eigenvalue weighted by Crippen LogP contribution is -2.37. The molecule has 3 N–H and O–H groups in total. The van der Waals surface area contributed by atoms with Crippen molar-refractivity contribution >= 4 is 28.3 Å². The van der Waals surface area contributed by atoms with Crippen LogP contribution in [0, 0.1) is 11.8 Å². The van der Waals surface area contributed by atoms with Crippen molar-refractivity contribution in [1.29, 1.82) is 0 Å². The molecule has 0 fully saturated rings. The molecule has 3 aromatic carbocycles. The number of amides is 2. The minimum Gasteiger partial charge on any atom is -0.326 e. The summed E-state index contributed by atoms with van der Waals surface area (Å²) in [6.45, 7) is 0.830. The van der Waals surface area contributed by atoms with Gasteiger partial charge in [0.05, 0.1) is 0 Å². The van der Waals surface area contributed by atoms with Crippen molar-refractivity contribution in [3.63, 3.8) is 0 Å². The fraction of sp³-hybridized carbons (Fsp3) is 0.107. The Kier molecular flexibility index (Phi) is 6.40. The fourth-order valence-corrected chi connectivity index (χ4v) is 4.58. The highest BCUT2D eigenvalue weighted by Gasteiger charge is 2.37. The molecule has 2 amide bonds. The average molecular weight is 479 g/mol. The Morgan fingerprint density at radius 3 is 2.51 bits per heavy atom. The van der Waals surface area contributed by atoms with Crippen LogP contribution in [0.4, 0.5) is 5.13 Å². The molecule has 172 valence electrons. The second-order valence-corrected chi connectivity index (χ2v) is 8.99. The van der Waals surface area contributed by atoms with Gasteiger partial charge in [0, 0.05) is 41.4 Å². The number of rotatable bonds is 5. The zero-order valence-corrected chi connectivity index (χ0v) is 19.6. The standard InChI is InChI=1S/C28H22N4O2S/c29-17-21-10-7-19(8-11-21)6-9-20-12-13-23-18-32(27(34)24(23)16-20)25(22-4-2-1-3-5-22)26(33)31-28-30-14-15-35-28/h1-5,7-8,10-16,25H,17-18,29H2,(H,30,31,33). The summed E-state index contributed by atoms with van der Waals surface area (Å²) in [4.78, 5) is 32.5. The summed E-state index contributed by atoms with van der Waals surface area (Å²) in [6.07, 6.45) is 1.63. The molecule has 6 nitrogen and oxygen atoms in total. The molecule has 5 rings (SSSR count). The van der Waals surface area contributed by atoms with Crippen LogP contribution >= 0.6 is 11.3 Å². The van der Waals surface area contributed by atoms with Gasteiger partial charge in [-0.2, -0.15) is 0 Å². The van der Waals surface area contributed by atoms with Crippen LogP contribution in [0.2, 0.25) is 0 Å². The quantitative estimate of drug-likeness (QED) is 0.418. The molecule has 0 bridgehead atoms. The van der Waals surface area contributed by atoms with E-state index >= 15 is 0 Å². The monoisotopic (exact) mass is 478 g/mol. The van der Waals surface area contributed by atoms with Gasteiger partial charge in [-0.3, -0.25) is 14.9 Å². The predicted octanol–water partition coefficient (Wildman–Crippen LogP) is 4.34. The Balaban J connectivity index is 1.42. The smallest absolute Gasteiger partial charge is 0.255 e. The summed E-state index contributed by atoms with van der Waals surface area (Å²) in [5.74, 6) is 5.78. The number of hydrogen-bond donors (Lipinski definition) is 2. The van der Waals surface area contributed by atoms with Crippen LogP contribution < -0.4 is 11.1 Å². The summed E-state index contributed by atoms with van der Waals surface area (Å²) in [6, 6.07) is 21.9. The second-order valence-electron chi connectivity index (χ2n) is 8.10. The summed E-state index contributed by atoms with van der Waals surface area (Å²) in [5, 5.41) is 5.14. The molecule has 1 aliphatic rings. The number of carbonyl (C=O) groups excluding carboxylic acids is 2. The van der Waals surface area contributed by atoms with Crippen LogP contribution in [-0.2, 0) is 17.9 Å². The van der Waals surface area contributed by atoms with Crippen LogP contribution in [0.5, 0.6) is 0 Å². The van der Waals surface area contributed by atoms with Crippen molar-refractivity contribution in [3.8, 4) is 11.8 Å². The van der Waals surface area contributed by atoms with E-state index in [-0.39, 0.29) is 11.8 Å². The average Bonchev–Trinajstić information content (AvgIpc) is 3.52. The number of anilines is 1. The number of thiazole rings is 1. The molecule has 2 heterocycles. The highest BCUT2D eigenvalue weighted by atomic mass is 32.1. The number of hydrogen-bond acceptors (Lipinski definition) is 5. The minimum absolute atomic E-state index is 0.195. The second kappa shape index (κ2) is 9.94. The van der Waals surface area contributed by atoms with Gasteiger partial charge in [0.2, 0.25) is 0 Å². The summed E-state index contributed by atoms with van der Waals surface area (Å²) < 4.78 is 0. The molecule has 1 aliphatic heterocycles. The van der Waals surface area contributed by atoms with E-state index in [0.717, 1.165) is 27.8 Å². The van der Waals surface area contributed by atoms with E-state index in [2.05, 4.69) is 22.1 Å². The van der Waals surface area contributed by atoms with Gasteiger partial charge in [-0.1, -0.05) is 60.4 Å². The Bertz CT molecular complexity index is 1420. The van der Waals surface area contributed by atoms with Crippen LogP contribution in [0.25, 0.3) is 0 Å². The first-order valence-corrected chi connectivity index (χ1v) is 12.0. The van der Waals surface area contributed by atoms with Crippen molar-refractivity contribution in [3.05, 3.63) is 118 Å². The zero-order valence-electron chi connectivity index (χ0n) is 18.8. The van der Waals surface area contributed by atoms with Crippen LogP contribution in [0.1, 0.15) is 44.2 Å². The predicted molar refractivity (Wildman–Crippen MR) is 137 cm³/mol. The van der Waals surface area contributed by atoms with Crippen molar-refractivity contribution < 1.29 is 9.59 Å². The van der Waals surface area contributed by atoms with Gasteiger partial charge in [-0.25, -0.2) is 4.98 Å². The number of fused-ring (bicyclic) bond motifs is 1. The molecular weight excluding hydrogens is 456 g/mol. The molecule has 4 aromatic rings. The first-order chi connectivity index (χ1) is 17.1. The molecule has 1 unspecified atom stereocenters. The largest absolute Gasteiger partial charge is 0.326 e. The van der Waals surface area contributed by atoms with E-state index in [1.807, 2.05) is 66.7 Å². The van der Waals surface area contributed by atoms with E-state index in [4.69, 9.17) is 5.73 Å². The third-order valence-corrected chi connectivity index (χ3v) is 6.51. The Labute approximate surface area is 207 Å².